The quantitative estimate of drug-likeness (QED) is 0.777. The van der Waals surface area contributed by atoms with Gasteiger partial charge in [-0.3, -0.25) is 4.79 Å². The van der Waals surface area contributed by atoms with Crippen LogP contribution in [0, 0.1) is 5.92 Å². The molecule has 0 radical (unpaired) electrons. The molecule has 0 aromatic heterocycles. The molecule has 144 valence electrons. The van der Waals surface area contributed by atoms with Crippen LogP contribution in [0.25, 0.3) is 11.1 Å². The summed E-state index contributed by atoms with van der Waals surface area (Å²) in [6.45, 7) is 10.6. The van der Waals surface area contributed by atoms with Gasteiger partial charge in [-0.15, -0.1) is 0 Å². The maximum atomic E-state index is 12.6. The van der Waals surface area contributed by atoms with E-state index in [0.717, 1.165) is 13.0 Å². The molecule has 0 bridgehead atoms. The Kier molecular flexibility index (Phi) is 5.71. The maximum Gasteiger partial charge on any atom is 0.228 e. The molecular formula is C24H31NO2. The third-order valence-electron chi connectivity index (χ3n) is 5.43. The molecule has 1 aliphatic heterocycles. The zero-order valence-electron chi connectivity index (χ0n) is 17.2. The second kappa shape index (κ2) is 7.85. The van der Waals surface area contributed by atoms with Crippen LogP contribution in [0.5, 0.6) is 0 Å². The Morgan fingerprint density at radius 1 is 1.11 bits per heavy atom. The third kappa shape index (κ3) is 4.41. The number of ether oxygens (including phenoxy) is 1. The lowest BCUT2D eigenvalue weighted by Crippen LogP contribution is -2.40. The molecule has 1 amide bonds. The molecule has 1 unspecified atom stereocenters. The van der Waals surface area contributed by atoms with E-state index in [2.05, 4.69) is 63.2 Å². The summed E-state index contributed by atoms with van der Waals surface area (Å²) >= 11 is 0. The Hall–Kier alpha value is -2.13. The SMILES string of the molecule is COCC(C)C(=O)N1CCc2cc(-c3cccc(C(C)(C)C)c3)ccc2C1. The van der Waals surface area contributed by atoms with Gasteiger partial charge in [-0.25, -0.2) is 0 Å². The highest BCUT2D eigenvalue weighted by Gasteiger charge is 2.25. The van der Waals surface area contributed by atoms with Gasteiger partial charge in [0, 0.05) is 20.2 Å². The second-order valence-electron chi connectivity index (χ2n) is 8.68. The minimum absolute atomic E-state index is 0.0871. The van der Waals surface area contributed by atoms with Crippen molar-refractivity contribution in [3.05, 3.63) is 59.2 Å². The number of benzene rings is 2. The molecule has 0 saturated heterocycles. The van der Waals surface area contributed by atoms with E-state index in [1.807, 2.05) is 11.8 Å². The molecule has 1 aliphatic rings. The molecule has 27 heavy (non-hydrogen) atoms. The van der Waals surface area contributed by atoms with Gasteiger partial charge in [-0.2, -0.15) is 0 Å². The van der Waals surface area contributed by atoms with Crippen LogP contribution in [0.3, 0.4) is 0 Å². The van der Waals surface area contributed by atoms with Crippen molar-refractivity contribution in [3.63, 3.8) is 0 Å². The normalized spacial score (nSPS) is 15.4. The predicted molar refractivity (Wildman–Crippen MR) is 111 cm³/mol. The van der Waals surface area contributed by atoms with Gasteiger partial charge in [0.1, 0.15) is 0 Å². The number of hydrogen-bond donors (Lipinski definition) is 0. The number of nitrogens with zero attached hydrogens (tertiary/aromatic N) is 1. The molecule has 1 atom stereocenters. The van der Waals surface area contributed by atoms with E-state index < -0.39 is 0 Å². The molecule has 3 rings (SSSR count). The Labute approximate surface area is 163 Å². The lowest BCUT2D eigenvalue weighted by molar-refractivity contribution is -0.137. The molecule has 0 saturated carbocycles. The van der Waals surface area contributed by atoms with E-state index in [0.29, 0.717) is 13.2 Å². The Morgan fingerprint density at radius 3 is 2.56 bits per heavy atom. The topological polar surface area (TPSA) is 29.5 Å². The first-order chi connectivity index (χ1) is 12.8. The summed E-state index contributed by atoms with van der Waals surface area (Å²) in [6.07, 6.45) is 0.910. The van der Waals surface area contributed by atoms with Crippen molar-refractivity contribution in [2.24, 2.45) is 5.92 Å². The summed E-state index contributed by atoms with van der Waals surface area (Å²) in [7, 11) is 1.64. The highest BCUT2D eigenvalue weighted by atomic mass is 16.5. The number of carbonyl (C=O) groups is 1. The minimum Gasteiger partial charge on any atom is -0.384 e. The van der Waals surface area contributed by atoms with Gasteiger partial charge in [0.25, 0.3) is 0 Å². The molecular weight excluding hydrogens is 334 g/mol. The van der Waals surface area contributed by atoms with E-state index in [-0.39, 0.29) is 17.2 Å². The number of amides is 1. The van der Waals surface area contributed by atoms with E-state index in [4.69, 9.17) is 4.74 Å². The summed E-state index contributed by atoms with van der Waals surface area (Å²) in [4.78, 5) is 14.5. The Bertz CT molecular complexity index is 819. The molecule has 3 nitrogen and oxygen atoms in total. The summed E-state index contributed by atoms with van der Waals surface area (Å²) < 4.78 is 5.14. The van der Waals surface area contributed by atoms with Gasteiger partial charge in [0.15, 0.2) is 0 Å². The molecule has 3 heteroatoms. The van der Waals surface area contributed by atoms with Gasteiger partial charge >= 0.3 is 0 Å². The molecule has 0 fully saturated rings. The van der Waals surface area contributed by atoms with Crippen molar-refractivity contribution in [3.8, 4) is 11.1 Å². The van der Waals surface area contributed by atoms with Crippen LogP contribution in [0.4, 0.5) is 0 Å². The van der Waals surface area contributed by atoms with Crippen LogP contribution in [-0.4, -0.2) is 31.1 Å². The lowest BCUT2D eigenvalue weighted by Gasteiger charge is -2.31. The predicted octanol–water partition coefficient (Wildman–Crippen LogP) is 4.82. The molecule has 0 N–H and O–H groups in total. The Morgan fingerprint density at radius 2 is 1.85 bits per heavy atom. The van der Waals surface area contributed by atoms with Crippen LogP contribution in [0.2, 0.25) is 0 Å². The number of hydrogen-bond acceptors (Lipinski definition) is 2. The van der Waals surface area contributed by atoms with Crippen LogP contribution < -0.4 is 0 Å². The van der Waals surface area contributed by atoms with Crippen molar-refractivity contribution in [1.82, 2.24) is 4.90 Å². The third-order valence-corrected chi connectivity index (χ3v) is 5.43. The standard InChI is InChI=1S/C24H31NO2/c1-17(16-27-5)23(26)25-12-11-20-13-19(9-10-21(20)15-25)18-7-6-8-22(14-18)24(2,3)4/h6-10,13-14,17H,11-12,15-16H2,1-5H3. The number of rotatable bonds is 4. The van der Waals surface area contributed by atoms with Gasteiger partial charge in [-0.05, 0) is 39.7 Å². The summed E-state index contributed by atoms with van der Waals surface area (Å²) in [6, 6.07) is 15.5. The summed E-state index contributed by atoms with van der Waals surface area (Å²) in [5, 5.41) is 0. The Balaban J connectivity index is 1.81. The van der Waals surface area contributed by atoms with Gasteiger partial charge in [-0.1, -0.05) is 70.2 Å². The maximum absolute atomic E-state index is 12.6. The number of methoxy groups -OCH3 is 1. The van der Waals surface area contributed by atoms with Gasteiger partial charge in [0.2, 0.25) is 5.91 Å². The summed E-state index contributed by atoms with van der Waals surface area (Å²) in [5.74, 6) is 0.0976. The van der Waals surface area contributed by atoms with Gasteiger partial charge < -0.3 is 9.64 Å². The molecule has 0 aliphatic carbocycles. The zero-order chi connectivity index (χ0) is 19.6. The lowest BCUT2D eigenvalue weighted by atomic mass is 9.85. The van der Waals surface area contributed by atoms with Crippen molar-refractivity contribution in [2.75, 3.05) is 20.3 Å². The van der Waals surface area contributed by atoms with E-state index >= 15 is 0 Å². The first-order valence-corrected chi connectivity index (χ1v) is 9.80. The van der Waals surface area contributed by atoms with Crippen molar-refractivity contribution < 1.29 is 9.53 Å². The van der Waals surface area contributed by atoms with Crippen LogP contribution >= 0.6 is 0 Å². The largest absolute Gasteiger partial charge is 0.384 e. The highest BCUT2D eigenvalue weighted by Crippen LogP contribution is 2.30. The van der Waals surface area contributed by atoms with Crippen LogP contribution in [-0.2, 0) is 27.9 Å². The first kappa shape index (κ1) is 19.6. The average molecular weight is 366 g/mol. The summed E-state index contributed by atoms with van der Waals surface area (Å²) in [5.41, 5.74) is 6.63. The molecule has 1 heterocycles. The zero-order valence-corrected chi connectivity index (χ0v) is 17.2. The second-order valence-corrected chi connectivity index (χ2v) is 8.68. The van der Waals surface area contributed by atoms with Crippen molar-refractivity contribution in [2.45, 2.75) is 46.1 Å². The monoisotopic (exact) mass is 365 g/mol. The fraction of sp³-hybridized carbons (Fsp3) is 0.458. The molecule has 0 spiro atoms. The number of carbonyl (C=O) groups excluding carboxylic acids is 1. The minimum atomic E-state index is -0.0871. The van der Waals surface area contributed by atoms with Crippen molar-refractivity contribution >= 4 is 5.91 Å². The van der Waals surface area contributed by atoms with Gasteiger partial charge in [0.05, 0.1) is 12.5 Å². The van der Waals surface area contributed by atoms with Crippen molar-refractivity contribution in [1.29, 1.82) is 0 Å². The highest BCUT2D eigenvalue weighted by molar-refractivity contribution is 5.79. The smallest absolute Gasteiger partial charge is 0.228 e. The molecule has 2 aromatic carbocycles. The van der Waals surface area contributed by atoms with Crippen LogP contribution in [0.1, 0.15) is 44.4 Å². The van der Waals surface area contributed by atoms with E-state index in [1.165, 1.54) is 27.8 Å². The number of fused-ring (bicyclic) bond motifs is 1. The molecule has 2 aromatic rings. The van der Waals surface area contributed by atoms with E-state index in [1.54, 1.807) is 7.11 Å². The first-order valence-electron chi connectivity index (χ1n) is 9.80. The fourth-order valence-electron chi connectivity index (χ4n) is 3.72. The average Bonchev–Trinajstić information content (AvgIpc) is 2.66. The van der Waals surface area contributed by atoms with E-state index in [9.17, 15) is 4.79 Å². The van der Waals surface area contributed by atoms with Crippen LogP contribution in [0.15, 0.2) is 42.5 Å². The fourth-order valence-corrected chi connectivity index (χ4v) is 3.72.